The van der Waals surface area contributed by atoms with E-state index in [2.05, 4.69) is 14.7 Å². The maximum absolute atomic E-state index is 12.3. The number of hydrogen-bond donors (Lipinski definition) is 2. The molecule has 2 aromatic rings. The first-order valence-corrected chi connectivity index (χ1v) is 8.17. The number of nitrogen functional groups attached to an aromatic ring is 1. The van der Waals surface area contributed by atoms with Gasteiger partial charge in [-0.15, -0.1) is 0 Å². The molecule has 0 unspecified atom stereocenters. The summed E-state index contributed by atoms with van der Waals surface area (Å²) < 4.78 is 15.3. The fourth-order valence-corrected chi connectivity index (χ4v) is 2.99. The molecular formula is C15H18N4O3S. The quantitative estimate of drug-likeness (QED) is 0.853. The van der Waals surface area contributed by atoms with E-state index in [-0.39, 0.29) is 23.9 Å². The second-order valence-electron chi connectivity index (χ2n) is 5.23. The Morgan fingerprint density at radius 1 is 1.52 bits per heavy atom. The molecule has 1 fully saturated rings. The number of nitrogens with two attached hydrogens (primary N) is 1. The van der Waals surface area contributed by atoms with Gasteiger partial charge < -0.3 is 20.5 Å². The topological polar surface area (TPSA) is 99.4 Å². The van der Waals surface area contributed by atoms with Crippen LogP contribution in [0.15, 0.2) is 29.8 Å². The van der Waals surface area contributed by atoms with E-state index < -0.39 is 0 Å². The molecule has 1 aliphatic heterocycles. The van der Waals surface area contributed by atoms with E-state index in [9.17, 15) is 4.79 Å². The van der Waals surface area contributed by atoms with Crippen LogP contribution in [0, 0.1) is 0 Å². The Labute approximate surface area is 138 Å². The van der Waals surface area contributed by atoms with Gasteiger partial charge in [0.2, 0.25) is 0 Å². The predicted octanol–water partition coefficient (Wildman–Crippen LogP) is 1.22. The molecule has 3 heterocycles. The zero-order chi connectivity index (χ0) is 16.1. The summed E-state index contributed by atoms with van der Waals surface area (Å²) in [5.74, 6) is -0.00614. The fraction of sp³-hybridized carbons (Fsp3) is 0.400. The van der Waals surface area contributed by atoms with Gasteiger partial charge in [-0.3, -0.25) is 9.78 Å². The van der Waals surface area contributed by atoms with Crippen LogP contribution in [-0.4, -0.2) is 40.6 Å². The smallest absolute Gasteiger partial charge is 0.256 e. The van der Waals surface area contributed by atoms with Crippen LogP contribution < -0.4 is 11.1 Å². The van der Waals surface area contributed by atoms with Gasteiger partial charge in [-0.05, 0) is 30.1 Å². The fourth-order valence-electron chi connectivity index (χ4n) is 2.39. The Kier molecular flexibility index (Phi) is 5.16. The molecule has 1 aliphatic rings. The van der Waals surface area contributed by atoms with Crippen molar-refractivity contribution in [3.8, 4) is 0 Å². The average molecular weight is 334 g/mol. The van der Waals surface area contributed by atoms with Crippen molar-refractivity contribution < 1.29 is 14.3 Å². The predicted molar refractivity (Wildman–Crippen MR) is 86.0 cm³/mol. The summed E-state index contributed by atoms with van der Waals surface area (Å²) in [4.78, 5) is 16.5. The third-order valence-corrected chi connectivity index (χ3v) is 4.27. The van der Waals surface area contributed by atoms with Gasteiger partial charge in [0, 0.05) is 18.2 Å². The molecule has 1 amide bonds. The van der Waals surface area contributed by atoms with Gasteiger partial charge in [0.05, 0.1) is 36.6 Å². The first-order valence-electron chi connectivity index (χ1n) is 7.34. The van der Waals surface area contributed by atoms with Crippen molar-refractivity contribution in [3.05, 3.63) is 41.0 Å². The number of nitrogens with one attached hydrogen (secondary N) is 1. The Morgan fingerprint density at radius 2 is 2.43 bits per heavy atom. The number of nitrogens with zero attached hydrogens (tertiary/aromatic N) is 2. The molecule has 0 aliphatic carbocycles. The van der Waals surface area contributed by atoms with Gasteiger partial charge in [-0.25, -0.2) is 0 Å². The Hall–Kier alpha value is -2.03. The van der Waals surface area contributed by atoms with E-state index in [4.69, 9.17) is 15.2 Å². The number of carbonyl (C=O) groups excluding carboxylic acids is 1. The van der Waals surface area contributed by atoms with E-state index in [0.717, 1.165) is 23.6 Å². The molecule has 3 N–H and O–H groups in total. The molecule has 0 radical (unpaired) electrons. The summed E-state index contributed by atoms with van der Waals surface area (Å²) >= 11 is 1.16. The van der Waals surface area contributed by atoms with Crippen LogP contribution in [0.1, 0.15) is 22.5 Å². The molecule has 2 atom stereocenters. The molecule has 0 saturated carbocycles. The van der Waals surface area contributed by atoms with Crippen molar-refractivity contribution in [1.29, 1.82) is 0 Å². The van der Waals surface area contributed by atoms with Gasteiger partial charge in [0.25, 0.3) is 5.91 Å². The van der Waals surface area contributed by atoms with Crippen LogP contribution in [0.2, 0.25) is 0 Å². The Bertz CT molecular complexity index is 649. The highest BCUT2D eigenvalue weighted by atomic mass is 32.1. The molecule has 122 valence electrons. The number of aromatic nitrogens is 2. The van der Waals surface area contributed by atoms with E-state index in [1.807, 2.05) is 18.2 Å². The molecule has 0 bridgehead atoms. The summed E-state index contributed by atoms with van der Waals surface area (Å²) in [6, 6.07) is 5.46. The molecule has 2 aromatic heterocycles. The zero-order valence-corrected chi connectivity index (χ0v) is 13.3. The number of hydrogen-bond acceptors (Lipinski definition) is 7. The van der Waals surface area contributed by atoms with E-state index in [1.54, 1.807) is 11.6 Å². The third-order valence-electron chi connectivity index (χ3n) is 3.62. The monoisotopic (exact) mass is 334 g/mol. The molecular weight excluding hydrogens is 316 g/mol. The zero-order valence-electron chi connectivity index (χ0n) is 12.5. The van der Waals surface area contributed by atoms with Crippen LogP contribution in [0.3, 0.4) is 0 Å². The Morgan fingerprint density at radius 3 is 3.17 bits per heavy atom. The summed E-state index contributed by atoms with van der Waals surface area (Å²) in [5, 5.41) is 4.56. The minimum absolute atomic E-state index is 0.123. The highest BCUT2D eigenvalue weighted by Crippen LogP contribution is 2.17. The average Bonchev–Trinajstić information content (AvgIpc) is 3.01. The van der Waals surface area contributed by atoms with Crippen molar-refractivity contribution in [1.82, 2.24) is 14.7 Å². The number of anilines is 1. The standard InChI is InChI=1S/C15H18N4O3S/c16-14-11(9-23-19-14)15(20)18-12-8-21-6-4-13(12)22-7-10-3-1-2-5-17-10/h1-3,5,9,12-13H,4,6-8H2,(H2,16,19)(H,18,20)/t12-,13-/m1/s1. The highest BCUT2D eigenvalue weighted by molar-refractivity contribution is 7.04. The van der Waals surface area contributed by atoms with E-state index in [1.165, 1.54) is 0 Å². The van der Waals surface area contributed by atoms with Crippen molar-refractivity contribution in [2.45, 2.75) is 25.2 Å². The van der Waals surface area contributed by atoms with Crippen LogP contribution in [0.4, 0.5) is 5.82 Å². The first-order chi connectivity index (χ1) is 11.2. The van der Waals surface area contributed by atoms with Crippen molar-refractivity contribution >= 4 is 23.3 Å². The minimum Gasteiger partial charge on any atom is -0.382 e. The lowest BCUT2D eigenvalue weighted by molar-refractivity contribution is -0.0612. The number of pyridine rings is 1. The number of rotatable bonds is 5. The van der Waals surface area contributed by atoms with E-state index >= 15 is 0 Å². The maximum Gasteiger partial charge on any atom is 0.256 e. The maximum atomic E-state index is 12.3. The number of carbonyl (C=O) groups is 1. The molecule has 7 nitrogen and oxygen atoms in total. The number of amides is 1. The summed E-state index contributed by atoms with van der Waals surface area (Å²) in [6.07, 6.45) is 2.33. The normalized spacial score (nSPS) is 21.0. The molecule has 1 saturated heterocycles. The lowest BCUT2D eigenvalue weighted by Crippen LogP contribution is -2.50. The molecule has 8 heteroatoms. The van der Waals surface area contributed by atoms with Crippen LogP contribution >= 0.6 is 11.5 Å². The van der Waals surface area contributed by atoms with Crippen molar-refractivity contribution in [2.75, 3.05) is 18.9 Å². The summed E-state index contributed by atoms with van der Waals surface area (Å²) in [7, 11) is 0. The lowest BCUT2D eigenvalue weighted by atomic mass is 10.1. The molecule has 0 spiro atoms. The minimum atomic E-state index is -0.252. The van der Waals surface area contributed by atoms with Gasteiger partial charge >= 0.3 is 0 Å². The summed E-state index contributed by atoms with van der Waals surface area (Å²) in [6.45, 7) is 1.43. The van der Waals surface area contributed by atoms with Gasteiger partial charge in [-0.1, -0.05) is 6.07 Å². The van der Waals surface area contributed by atoms with Crippen molar-refractivity contribution in [3.63, 3.8) is 0 Å². The van der Waals surface area contributed by atoms with Crippen LogP contribution in [0.5, 0.6) is 0 Å². The van der Waals surface area contributed by atoms with E-state index in [0.29, 0.717) is 25.4 Å². The van der Waals surface area contributed by atoms with Gasteiger partial charge in [0.15, 0.2) is 0 Å². The third kappa shape index (κ3) is 4.04. The number of ether oxygens (including phenoxy) is 2. The highest BCUT2D eigenvalue weighted by Gasteiger charge is 2.29. The first kappa shape index (κ1) is 15.9. The Balaban J connectivity index is 1.60. The molecule has 3 rings (SSSR count). The van der Waals surface area contributed by atoms with Crippen LogP contribution in [0.25, 0.3) is 0 Å². The van der Waals surface area contributed by atoms with Gasteiger partial charge in [0.1, 0.15) is 5.82 Å². The molecule has 0 aromatic carbocycles. The second-order valence-corrected chi connectivity index (χ2v) is 5.86. The largest absolute Gasteiger partial charge is 0.382 e. The van der Waals surface area contributed by atoms with Crippen molar-refractivity contribution in [2.24, 2.45) is 0 Å². The second kappa shape index (κ2) is 7.49. The SMILES string of the molecule is Nc1nscc1C(=O)N[C@@H]1COCC[C@H]1OCc1ccccn1. The van der Waals surface area contributed by atoms with Gasteiger partial charge in [-0.2, -0.15) is 4.37 Å². The van der Waals surface area contributed by atoms with Crippen LogP contribution in [-0.2, 0) is 16.1 Å². The summed E-state index contributed by atoms with van der Waals surface area (Å²) in [5.41, 5.74) is 6.93. The lowest BCUT2D eigenvalue weighted by Gasteiger charge is -2.32. The molecule has 23 heavy (non-hydrogen) atoms.